The molecule has 0 spiro atoms. The van der Waals surface area contributed by atoms with Gasteiger partial charge in [-0.1, -0.05) is 24.3 Å². The van der Waals surface area contributed by atoms with Crippen molar-refractivity contribution in [3.05, 3.63) is 59.7 Å². The molecule has 0 saturated carbocycles. The van der Waals surface area contributed by atoms with E-state index in [1.54, 1.807) is 31.3 Å². The van der Waals surface area contributed by atoms with E-state index in [9.17, 15) is 17.2 Å². The number of sulfonamides is 1. The van der Waals surface area contributed by atoms with Crippen LogP contribution in [0.1, 0.15) is 11.1 Å². The number of guanidine groups is 1. The van der Waals surface area contributed by atoms with E-state index < -0.39 is 16.6 Å². The lowest BCUT2D eigenvalue weighted by Gasteiger charge is -2.22. The number of benzene rings is 2. The van der Waals surface area contributed by atoms with Crippen molar-refractivity contribution in [2.24, 2.45) is 10.1 Å². The minimum absolute atomic E-state index is 0.0428. The van der Waals surface area contributed by atoms with E-state index >= 15 is 0 Å². The first-order chi connectivity index (χ1) is 13.2. The van der Waals surface area contributed by atoms with Crippen LogP contribution in [0.5, 0.6) is 5.75 Å². The molecule has 2 rings (SSSR count). The van der Waals surface area contributed by atoms with Crippen molar-refractivity contribution in [1.29, 1.82) is 0 Å². The van der Waals surface area contributed by atoms with E-state index in [1.165, 1.54) is 24.3 Å². The molecule has 0 saturated heterocycles. The van der Waals surface area contributed by atoms with Gasteiger partial charge >= 0.3 is 6.61 Å². The quantitative estimate of drug-likeness (QED) is 0.537. The van der Waals surface area contributed by atoms with Crippen LogP contribution in [0, 0.1) is 0 Å². The Hall–Kier alpha value is -2.72. The lowest BCUT2D eigenvalue weighted by atomic mass is 10.2. The molecule has 0 amide bonds. The number of primary sulfonamides is 1. The molecule has 0 heterocycles. The molecule has 0 atom stereocenters. The molecule has 0 aliphatic heterocycles. The summed E-state index contributed by atoms with van der Waals surface area (Å²) in [6, 6.07) is 12.7. The second-order valence-corrected chi connectivity index (χ2v) is 7.53. The molecule has 0 aliphatic rings. The molecule has 0 bridgehead atoms. The molecule has 0 unspecified atom stereocenters. The summed E-state index contributed by atoms with van der Waals surface area (Å²) < 4.78 is 51.6. The molecule has 2 aromatic rings. The summed E-state index contributed by atoms with van der Waals surface area (Å²) in [5.41, 5.74) is 1.61. The third kappa shape index (κ3) is 6.46. The highest BCUT2D eigenvalue weighted by Gasteiger charge is 2.10. The largest absolute Gasteiger partial charge is 0.435 e. The monoisotopic (exact) mass is 412 g/mol. The Morgan fingerprint density at radius 3 is 2.46 bits per heavy atom. The third-order valence-electron chi connectivity index (χ3n) is 3.82. The van der Waals surface area contributed by atoms with Crippen molar-refractivity contribution < 1.29 is 21.9 Å². The van der Waals surface area contributed by atoms with E-state index in [1.807, 2.05) is 11.9 Å². The van der Waals surface area contributed by atoms with Gasteiger partial charge in [-0.2, -0.15) is 8.78 Å². The predicted octanol–water partition coefficient (Wildman–Crippen LogP) is 2.14. The summed E-state index contributed by atoms with van der Waals surface area (Å²) >= 11 is 0. The van der Waals surface area contributed by atoms with E-state index in [4.69, 9.17) is 5.14 Å². The summed E-state index contributed by atoms with van der Waals surface area (Å²) in [6.45, 7) is -2.03. The van der Waals surface area contributed by atoms with Crippen LogP contribution in [0.15, 0.2) is 58.4 Å². The summed E-state index contributed by atoms with van der Waals surface area (Å²) in [4.78, 5) is 6.07. The van der Waals surface area contributed by atoms with Gasteiger partial charge < -0.3 is 15.0 Å². The van der Waals surface area contributed by atoms with Gasteiger partial charge in [0.15, 0.2) is 5.96 Å². The SMILES string of the molecule is CN=C(NCc1cccc(S(N)(=O)=O)c1)N(C)Cc1ccc(OC(F)F)cc1. The van der Waals surface area contributed by atoms with Crippen LogP contribution in [0.25, 0.3) is 0 Å². The Kier molecular flexibility index (Phi) is 7.30. The Labute approximate surface area is 162 Å². The van der Waals surface area contributed by atoms with Gasteiger partial charge in [-0.05, 0) is 35.4 Å². The standard InChI is InChI=1S/C18H22F2N4O3S/c1-22-18(23-11-14-4-3-5-16(10-14)28(21,25)26)24(2)12-13-6-8-15(9-7-13)27-17(19)20/h3-10,17H,11-12H2,1-2H3,(H,22,23)(H2,21,25,26). The van der Waals surface area contributed by atoms with E-state index in [2.05, 4.69) is 15.0 Å². The number of hydrogen-bond donors (Lipinski definition) is 2. The molecule has 28 heavy (non-hydrogen) atoms. The van der Waals surface area contributed by atoms with Crippen LogP contribution < -0.4 is 15.2 Å². The zero-order valence-electron chi connectivity index (χ0n) is 15.5. The van der Waals surface area contributed by atoms with Gasteiger partial charge in [0.25, 0.3) is 0 Å². The molecule has 7 nitrogen and oxygen atoms in total. The Bertz CT molecular complexity index is 919. The van der Waals surface area contributed by atoms with Gasteiger partial charge in [0.05, 0.1) is 4.90 Å². The number of nitrogens with one attached hydrogen (secondary N) is 1. The highest BCUT2D eigenvalue weighted by atomic mass is 32.2. The lowest BCUT2D eigenvalue weighted by Crippen LogP contribution is -2.38. The molecule has 0 radical (unpaired) electrons. The maximum absolute atomic E-state index is 12.2. The normalized spacial score (nSPS) is 12.1. The number of nitrogens with zero attached hydrogens (tertiary/aromatic N) is 2. The fourth-order valence-electron chi connectivity index (χ4n) is 2.52. The fourth-order valence-corrected chi connectivity index (χ4v) is 3.11. The minimum atomic E-state index is -3.76. The Balaban J connectivity index is 1.98. The van der Waals surface area contributed by atoms with Crippen molar-refractivity contribution in [1.82, 2.24) is 10.2 Å². The average molecular weight is 412 g/mol. The first kappa shape index (κ1) is 21.6. The number of halogens is 2. The van der Waals surface area contributed by atoms with Gasteiger partial charge in [0.1, 0.15) is 5.75 Å². The molecular formula is C18H22F2N4O3S. The van der Waals surface area contributed by atoms with Gasteiger partial charge in [0, 0.05) is 27.2 Å². The second kappa shape index (κ2) is 9.47. The fraction of sp³-hybridized carbons (Fsp3) is 0.278. The summed E-state index contributed by atoms with van der Waals surface area (Å²) in [6.07, 6.45) is 0. The number of alkyl halides is 2. The van der Waals surface area contributed by atoms with E-state index in [-0.39, 0.29) is 10.6 Å². The average Bonchev–Trinajstić information content (AvgIpc) is 2.63. The Morgan fingerprint density at radius 2 is 1.89 bits per heavy atom. The minimum Gasteiger partial charge on any atom is -0.435 e. The van der Waals surface area contributed by atoms with Crippen LogP contribution >= 0.6 is 0 Å². The molecule has 10 heteroatoms. The van der Waals surface area contributed by atoms with Crippen LogP contribution in [0.3, 0.4) is 0 Å². The van der Waals surface area contributed by atoms with Gasteiger partial charge in [-0.15, -0.1) is 0 Å². The van der Waals surface area contributed by atoms with Crippen LogP contribution in [0.4, 0.5) is 8.78 Å². The van der Waals surface area contributed by atoms with Crippen LogP contribution in [-0.4, -0.2) is 40.0 Å². The molecular weight excluding hydrogens is 390 g/mol. The number of rotatable bonds is 7. The molecule has 0 fully saturated rings. The first-order valence-electron chi connectivity index (χ1n) is 8.26. The maximum atomic E-state index is 12.2. The van der Waals surface area contributed by atoms with E-state index in [0.717, 1.165) is 11.1 Å². The van der Waals surface area contributed by atoms with Crippen LogP contribution in [-0.2, 0) is 23.1 Å². The highest BCUT2D eigenvalue weighted by molar-refractivity contribution is 7.89. The number of hydrogen-bond acceptors (Lipinski definition) is 4. The van der Waals surface area contributed by atoms with Crippen molar-refractivity contribution >= 4 is 16.0 Å². The molecule has 3 N–H and O–H groups in total. The summed E-state index contributed by atoms with van der Waals surface area (Å²) in [5, 5.41) is 8.29. The maximum Gasteiger partial charge on any atom is 0.387 e. The number of nitrogens with two attached hydrogens (primary N) is 1. The Morgan fingerprint density at radius 1 is 1.21 bits per heavy atom. The highest BCUT2D eigenvalue weighted by Crippen LogP contribution is 2.16. The second-order valence-electron chi connectivity index (χ2n) is 5.97. The number of aliphatic imine (C=N–C) groups is 1. The van der Waals surface area contributed by atoms with Gasteiger partial charge in [0.2, 0.25) is 10.0 Å². The van der Waals surface area contributed by atoms with Gasteiger partial charge in [-0.3, -0.25) is 4.99 Å². The van der Waals surface area contributed by atoms with Crippen LogP contribution in [0.2, 0.25) is 0 Å². The smallest absolute Gasteiger partial charge is 0.387 e. The molecule has 152 valence electrons. The van der Waals surface area contributed by atoms with Crippen molar-refractivity contribution in [2.45, 2.75) is 24.6 Å². The van der Waals surface area contributed by atoms with Crippen molar-refractivity contribution in [3.63, 3.8) is 0 Å². The summed E-state index contributed by atoms with van der Waals surface area (Å²) in [7, 11) is -0.320. The van der Waals surface area contributed by atoms with Crippen molar-refractivity contribution in [2.75, 3.05) is 14.1 Å². The first-order valence-corrected chi connectivity index (χ1v) is 9.81. The van der Waals surface area contributed by atoms with Gasteiger partial charge in [-0.25, -0.2) is 13.6 Å². The topological polar surface area (TPSA) is 97.0 Å². The molecule has 2 aromatic carbocycles. The zero-order chi connectivity index (χ0) is 20.7. The summed E-state index contributed by atoms with van der Waals surface area (Å²) in [5.74, 6) is 0.674. The molecule has 0 aromatic heterocycles. The molecule has 0 aliphatic carbocycles. The van der Waals surface area contributed by atoms with E-state index in [0.29, 0.717) is 19.0 Å². The predicted molar refractivity (Wildman–Crippen MR) is 103 cm³/mol. The third-order valence-corrected chi connectivity index (χ3v) is 4.73. The lowest BCUT2D eigenvalue weighted by molar-refractivity contribution is -0.0498. The number of ether oxygens (including phenoxy) is 1. The zero-order valence-corrected chi connectivity index (χ0v) is 16.3. The van der Waals surface area contributed by atoms with Crippen molar-refractivity contribution in [3.8, 4) is 5.75 Å².